The van der Waals surface area contributed by atoms with Crippen LogP contribution >= 0.6 is 0 Å². The van der Waals surface area contributed by atoms with Gasteiger partial charge in [0.15, 0.2) is 0 Å². The van der Waals surface area contributed by atoms with Crippen molar-refractivity contribution in [3.05, 3.63) is 11.8 Å². The van der Waals surface area contributed by atoms with Gasteiger partial charge in [-0.05, 0) is 19.3 Å². The zero-order valence-electron chi connectivity index (χ0n) is 8.33. The Morgan fingerprint density at radius 2 is 2.31 bits per heavy atom. The maximum absolute atomic E-state index is 4.57. The van der Waals surface area contributed by atoms with Gasteiger partial charge in [0, 0.05) is 23.2 Å². The highest BCUT2D eigenvalue weighted by atomic mass is 15.5. The molecule has 2 fully saturated rings. The van der Waals surface area contributed by atoms with Gasteiger partial charge in [-0.25, -0.2) is 0 Å². The van der Waals surface area contributed by atoms with Crippen molar-refractivity contribution in [1.29, 1.82) is 0 Å². The molecule has 0 N–H and O–H groups in total. The van der Waals surface area contributed by atoms with Crippen LogP contribution in [0.4, 0.5) is 0 Å². The first-order valence-corrected chi connectivity index (χ1v) is 5.23. The summed E-state index contributed by atoms with van der Waals surface area (Å²) in [5.74, 6) is 0.821. The first-order chi connectivity index (χ1) is 6.16. The van der Waals surface area contributed by atoms with E-state index in [0.717, 1.165) is 12.0 Å². The van der Waals surface area contributed by atoms with Crippen molar-refractivity contribution in [1.82, 2.24) is 5.01 Å². The molecule has 2 unspecified atom stereocenters. The Morgan fingerprint density at radius 3 is 3.15 bits per heavy atom. The van der Waals surface area contributed by atoms with Gasteiger partial charge >= 0.3 is 0 Å². The van der Waals surface area contributed by atoms with Gasteiger partial charge in [0.1, 0.15) is 0 Å². The van der Waals surface area contributed by atoms with E-state index in [4.69, 9.17) is 0 Å². The van der Waals surface area contributed by atoms with E-state index in [9.17, 15) is 0 Å². The van der Waals surface area contributed by atoms with Crippen LogP contribution in [-0.2, 0) is 0 Å². The Hall–Kier alpha value is -0.790. The summed E-state index contributed by atoms with van der Waals surface area (Å²) in [4.78, 5) is 0. The predicted molar refractivity (Wildman–Crippen MR) is 53.3 cm³/mol. The molecule has 0 aromatic carbocycles. The van der Waals surface area contributed by atoms with E-state index in [1.165, 1.54) is 25.0 Å². The first-order valence-electron chi connectivity index (χ1n) is 5.23. The normalized spacial score (nSPS) is 39.2. The van der Waals surface area contributed by atoms with Crippen LogP contribution in [0.1, 0.15) is 33.1 Å². The molecular weight excluding hydrogens is 160 g/mol. The molecule has 1 saturated carbocycles. The van der Waals surface area contributed by atoms with Crippen molar-refractivity contribution in [2.24, 2.45) is 16.4 Å². The molecule has 0 spiro atoms. The minimum Gasteiger partial charge on any atom is -0.267 e. The van der Waals surface area contributed by atoms with E-state index < -0.39 is 0 Å². The van der Waals surface area contributed by atoms with Gasteiger partial charge in [-0.3, -0.25) is 5.01 Å². The second-order valence-corrected chi connectivity index (χ2v) is 5.14. The monoisotopic (exact) mass is 176 g/mol. The van der Waals surface area contributed by atoms with E-state index in [1.54, 1.807) is 0 Å². The molecule has 0 amide bonds. The zero-order valence-corrected chi connectivity index (χ0v) is 8.33. The molecule has 0 aromatic rings. The van der Waals surface area contributed by atoms with E-state index >= 15 is 0 Å². The fourth-order valence-electron chi connectivity index (χ4n) is 2.82. The molecule has 2 bridgehead atoms. The van der Waals surface area contributed by atoms with Crippen molar-refractivity contribution in [3.8, 4) is 0 Å². The zero-order chi connectivity index (χ0) is 9.05. The summed E-state index contributed by atoms with van der Waals surface area (Å²) in [5, 5.41) is 6.83. The molecule has 0 aromatic heterocycles. The summed E-state index contributed by atoms with van der Waals surface area (Å²) in [7, 11) is 0. The lowest BCUT2D eigenvalue weighted by Crippen LogP contribution is -2.31. The van der Waals surface area contributed by atoms with Crippen LogP contribution in [-0.4, -0.2) is 17.3 Å². The topological polar surface area (TPSA) is 15.6 Å². The van der Waals surface area contributed by atoms with Crippen molar-refractivity contribution in [2.75, 3.05) is 0 Å². The summed E-state index contributed by atoms with van der Waals surface area (Å²) in [5.41, 5.74) is 1.68. The second kappa shape index (κ2) is 2.17. The van der Waals surface area contributed by atoms with E-state index in [2.05, 4.69) is 36.2 Å². The molecule has 3 rings (SSSR count). The predicted octanol–water partition coefficient (Wildman–Crippen LogP) is 2.38. The van der Waals surface area contributed by atoms with Crippen LogP contribution in [0.25, 0.3) is 0 Å². The molecule has 2 atom stereocenters. The smallest absolute Gasteiger partial charge is 0.0528 e. The van der Waals surface area contributed by atoms with Crippen LogP contribution in [0.3, 0.4) is 0 Å². The molecule has 2 nitrogen and oxygen atoms in total. The van der Waals surface area contributed by atoms with Crippen LogP contribution < -0.4 is 0 Å². The molecule has 70 valence electrons. The average Bonchev–Trinajstić information content (AvgIpc) is 2.61. The van der Waals surface area contributed by atoms with E-state index in [-0.39, 0.29) is 5.41 Å². The largest absolute Gasteiger partial charge is 0.267 e. The van der Waals surface area contributed by atoms with Crippen LogP contribution in [0.5, 0.6) is 0 Å². The average molecular weight is 176 g/mol. The highest BCUT2D eigenvalue weighted by molar-refractivity contribution is 5.69. The van der Waals surface area contributed by atoms with Gasteiger partial charge in [-0.15, -0.1) is 0 Å². The minimum atomic E-state index is 0.177. The summed E-state index contributed by atoms with van der Waals surface area (Å²) < 4.78 is 0. The molecule has 3 aliphatic rings. The first kappa shape index (κ1) is 7.60. The minimum absolute atomic E-state index is 0.177. The number of hydrogen-bond donors (Lipinski definition) is 0. The van der Waals surface area contributed by atoms with Gasteiger partial charge < -0.3 is 0 Å². The van der Waals surface area contributed by atoms with Crippen molar-refractivity contribution < 1.29 is 0 Å². The molecule has 13 heavy (non-hydrogen) atoms. The SMILES string of the molecule is CC1(C)C=NN2C(=C1)C1CCC2C1. The Morgan fingerprint density at radius 1 is 1.46 bits per heavy atom. The number of piperidine rings is 1. The van der Waals surface area contributed by atoms with Gasteiger partial charge in [0.25, 0.3) is 0 Å². The van der Waals surface area contributed by atoms with Crippen molar-refractivity contribution in [3.63, 3.8) is 0 Å². The Bertz CT molecular complexity index is 301. The summed E-state index contributed by atoms with van der Waals surface area (Å²) in [6.07, 6.45) is 8.57. The van der Waals surface area contributed by atoms with Crippen LogP contribution in [0.2, 0.25) is 0 Å². The molecule has 2 aliphatic heterocycles. The molecule has 1 saturated heterocycles. The number of nitrogens with zero attached hydrogens (tertiary/aromatic N) is 2. The van der Waals surface area contributed by atoms with Crippen molar-refractivity contribution >= 4 is 6.21 Å². The third-order valence-corrected chi connectivity index (χ3v) is 3.47. The molecule has 2 heteroatoms. The van der Waals surface area contributed by atoms with E-state index in [0.29, 0.717) is 0 Å². The third-order valence-electron chi connectivity index (χ3n) is 3.47. The second-order valence-electron chi connectivity index (χ2n) is 5.14. The van der Waals surface area contributed by atoms with Gasteiger partial charge in [-0.1, -0.05) is 19.9 Å². The van der Waals surface area contributed by atoms with E-state index in [1.807, 2.05) is 0 Å². The third kappa shape index (κ3) is 0.976. The number of fused-ring (bicyclic) bond motifs is 5. The molecular formula is C11H16N2. The van der Waals surface area contributed by atoms with Crippen LogP contribution in [0, 0.1) is 11.3 Å². The maximum Gasteiger partial charge on any atom is 0.0528 e. The Labute approximate surface area is 79.3 Å². The fourth-order valence-corrected chi connectivity index (χ4v) is 2.82. The summed E-state index contributed by atoms with van der Waals surface area (Å²) >= 11 is 0. The number of hydrogen-bond acceptors (Lipinski definition) is 2. The maximum atomic E-state index is 4.57. The molecule has 0 radical (unpaired) electrons. The quantitative estimate of drug-likeness (QED) is 0.553. The number of allylic oxidation sites excluding steroid dienone is 2. The standard InChI is InChI=1S/C11H16N2/c1-11(2)6-10-8-3-4-9(5-8)13(10)12-7-11/h6-9H,3-5H2,1-2H3. The highest BCUT2D eigenvalue weighted by Gasteiger charge is 2.43. The lowest BCUT2D eigenvalue weighted by atomic mass is 9.89. The Balaban J connectivity index is 2.01. The molecule has 2 heterocycles. The van der Waals surface area contributed by atoms with Crippen LogP contribution in [0.15, 0.2) is 16.9 Å². The van der Waals surface area contributed by atoms with Gasteiger partial charge in [0.05, 0.1) is 6.04 Å². The lowest BCUT2D eigenvalue weighted by Gasteiger charge is -2.33. The highest BCUT2D eigenvalue weighted by Crippen LogP contribution is 2.47. The fraction of sp³-hybridized carbons (Fsp3) is 0.727. The van der Waals surface area contributed by atoms with Gasteiger partial charge in [0.2, 0.25) is 0 Å². The Kier molecular flexibility index (Phi) is 1.27. The lowest BCUT2D eigenvalue weighted by molar-refractivity contribution is 0.267. The summed E-state index contributed by atoms with van der Waals surface area (Å²) in [6.45, 7) is 4.46. The number of rotatable bonds is 0. The molecule has 1 aliphatic carbocycles. The summed E-state index contributed by atoms with van der Waals surface area (Å²) in [6, 6.07) is 0.726. The van der Waals surface area contributed by atoms with Gasteiger partial charge in [-0.2, -0.15) is 5.10 Å². The van der Waals surface area contributed by atoms with Crippen molar-refractivity contribution in [2.45, 2.75) is 39.2 Å². The number of hydrazone groups is 1.